The number of nitrogens with one attached hydrogen (secondary N) is 1. The molecule has 1 fully saturated rings. The number of likely N-dealkylation sites (tertiary alicyclic amines) is 1. The monoisotopic (exact) mass is 340 g/mol. The number of aliphatic hydroxyl groups is 1. The van der Waals surface area contributed by atoms with E-state index in [1.54, 1.807) is 17.9 Å². The molecule has 2 N–H and O–H groups in total. The van der Waals surface area contributed by atoms with Gasteiger partial charge in [-0.05, 0) is 50.5 Å². The number of aliphatic hydroxyl groups excluding tert-OH is 1. The summed E-state index contributed by atoms with van der Waals surface area (Å²) < 4.78 is 5.69. The third-order valence-corrected chi connectivity index (χ3v) is 4.42. The number of nitrogens with zero attached hydrogens (tertiary/aromatic N) is 1. The molecule has 1 aliphatic rings. The van der Waals surface area contributed by atoms with Gasteiger partial charge in [0.15, 0.2) is 0 Å². The Hall–Kier alpha value is -1.46. The highest BCUT2D eigenvalue weighted by atomic mass is 35.5. The standard InChI is InChI=1S/C17H25ClN2O3/c1-12-10-15(18)4-5-16(12)23-9-3-7-19-17(22)20-8-6-14(11-20)13(2)21/h4-5,10,13-14,21H,3,6-9,11H2,1-2H3,(H,19,22)/t13-,14-/m0/s1. The molecule has 0 spiro atoms. The highest BCUT2D eigenvalue weighted by molar-refractivity contribution is 6.30. The smallest absolute Gasteiger partial charge is 0.317 e. The molecule has 0 bridgehead atoms. The lowest BCUT2D eigenvalue weighted by molar-refractivity contribution is 0.129. The van der Waals surface area contributed by atoms with Crippen molar-refractivity contribution < 1.29 is 14.6 Å². The maximum absolute atomic E-state index is 12.0. The number of amides is 2. The van der Waals surface area contributed by atoms with E-state index in [1.807, 2.05) is 19.1 Å². The lowest BCUT2D eigenvalue weighted by atomic mass is 10.0. The number of benzene rings is 1. The van der Waals surface area contributed by atoms with Crippen molar-refractivity contribution in [2.45, 2.75) is 32.8 Å². The van der Waals surface area contributed by atoms with Crippen molar-refractivity contribution in [1.29, 1.82) is 0 Å². The van der Waals surface area contributed by atoms with Gasteiger partial charge in [0.2, 0.25) is 0 Å². The van der Waals surface area contributed by atoms with Crippen molar-refractivity contribution in [2.75, 3.05) is 26.2 Å². The van der Waals surface area contributed by atoms with Crippen molar-refractivity contribution in [3.8, 4) is 5.75 Å². The summed E-state index contributed by atoms with van der Waals surface area (Å²) in [7, 11) is 0. The van der Waals surface area contributed by atoms with Gasteiger partial charge in [-0.25, -0.2) is 4.79 Å². The Labute approximate surface area is 142 Å². The van der Waals surface area contributed by atoms with Crippen LogP contribution in [0.15, 0.2) is 18.2 Å². The second kappa shape index (κ2) is 8.41. The SMILES string of the molecule is Cc1cc(Cl)ccc1OCCCNC(=O)N1CC[C@H]([C@H](C)O)C1. The van der Waals surface area contributed by atoms with E-state index in [-0.39, 0.29) is 18.1 Å². The van der Waals surface area contributed by atoms with Crippen molar-refractivity contribution in [3.05, 3.63) is 28.8 Å². The molecule has 1 aliphatic heterocycles. The summed E-state index contributed by atoms with van der Waals surface area (Å²) in [5.74, 6) is 1.01. The third kappa shape index (κ3) is 5.29. The van der Waals surface area contributed by atoms with Gasteiger partial charge in [-0.1, -0.05) is 11.6 Å². The van der Waals surface area contributed by atoms with E-state index in [9.17, 15) is 9.90 Å². The van der Waals surface area contributed by atoms with Crippen LogP contribution in [-0.2, 0) is 0 Å². The van der Waals surface area contributed by atoms with Crippen LogP contribution in [0, 0.1) is 12.8 Å². The molecule has 6 heteroatoms. The summed E-state index contributed by atoms with van der Waals surface area (Å²) in [5.41, 5.74) is 1.00. The van der Waals surface area contributed by atoms with Crippen LogP contribution in [0.25, 0.3) is 0 Å². The molecule has 0 unspecified atom stereocenters. The molecule has 1 aromatic rings. The van der Waals surface area contributed by atoms with Gasteiger partial charge in [0.25, 0.3) is 0 Å². The van der Waals surface area contributed by atoms with E-state index >= 15 is 0 Å². The van der Waals surface area contributed by atoms with Crippen molar-refractivity contribution in [1.82, 2.24) is 10.2 Å². The summed E-state index contributed by atoms with van der Waals surface area (Å²) in [5, 5.41) is 13.2. The molecule has 128 valence electrons. The van der Waals surface area contributed by atoms with Gasteiger partial charge < -0.3 is 20.1 Å². The normalized spacial score (nSPS) is 18.8. The summed E-state index contributed by atoms with van der Waals surface area (Å²) in [6, 6.07) is 5.47. The number of halogens is 1. The van der Waals surface area contributed by atoms with E-state index in [4.69, 9.17) is 16.3 Å². The molecule has 0 saturated carbocycles. The number of rotatable bonds is 6. The molecular weight excluding hydrogens is 316 g/mol. The molecule has 5 nitrogen and oxygen atoms in total. The Balaban J connectivity index is 1.63. The molecule has 0 aromatic heterocycles. The molecule has 1 aromatic carbocycles. The molecule has 2 rings (SSSR count). The zero-order valence-corrected chi connectivity index (χ0v) is 14.5. The van der Waals surface area contributed by atoms with Gasteiger partial charge in [0.1, 0.15) is 5.75 Å². The Morgan fingerprint density at radius 1 is 1.57 bits per heavy atom. The topological polar surface area (TPSA) is 61.8 Å². The highest BCUT2D eigenvalue weighted by Gasteiger charge is 2.28. The summed E-state index contributed by atoms with van der Waals surface area (Å²) in [6.45, 7) is 6.18. The maximum atomic E-state index is 12.0. The minimum absolute atomic E-state index is 0.0594. The van der Waals surface area contributed by atoms with Crippen LogP contribution in [0.4, 0.5) is 4.79 Å². The molecule has 2 amide bonds. The predicted octanol–water partition coefficient (Wildman–Crippen LogP) is 2.83. The fourth-order valence-electron chi connectivity index (χ4n) is 2.70. The van der Waals surface area contributed by atoms with Crippen molar-refractivity contribution in [2.24, 2.45) is 5.92 Å². The Morgan fingerprint density at radius 3 is 3.00 bits per heavy atom. The number of carbonyl (C=O) groups is 1. The lowest BCUT2D eigenvalue weighted by Crippen LogP contribution is -2.39. The predicted molar refractivity (Wildman–Crippen MR) is 91.1 cm³/mol. The van der Waals surface area contributed by atoms with Crippen LogP contribution < -0.4 is 10.1 Å². The number of aryl methyl sites for hydroxylation is 1. The molecule has 1 heterocycles. The Bertz CT molecular complexity index is 537. The van der Waals surface area contributed by atoms with Gasteiger partial charge in [-0.15, -0.1) is 0 Å². The number of urea groups is 1. The van der Waals surface area contributed by atoms with Crippen LogP contribution in [0.3, 0.4) is 0 Å². The lowest BCUT2D eigenvalue weighted by Gasteiger charge is -2.18. The first-order valence-corrected chi connectivity index (χ1v) is 8.45. The van der Waals surface area contributed by atoms with E-state index < -0.39 is 0 Å². The van der Waals surface area contributed by atoms with Crippen LogP contribution in [-0.4, -0.2) is 48.4 Å². The van der Waals surface area contributed by atoms with Gasteiger partial charge in [0.05, 0.1) is 12.7 Å². The number of ether oxygens (including phenoxy) is 1. The first kappa shape index (κ1) is 17.9. The van der Waals surface area contributed by atoms with Gasteiger partial charge in [0, 0.05) is 30.6 Å². The average Bonchev–Trinajstić information content (AvgIpc) is 2.99. The summed E-state index contributed by atoms with van der Waals surface area (Å²) >= 11 is 5.90. The first-order valence-electron chi connectivity index (χ1n) is 8.07. The first-order chi connectivity index (χ1) is 11.0. The number of hydrogen-bond donors (Lipinski definition) is 2. The van der Waals surface area contributed by atoms with E-state index in [1.165, 1.54) is 0 Å². The van der Waals surface area contributed by atoms with Crippen LogP contribution >= 0.6 is 11.6 Å². The maximum Gasteiger partial charge on any atom is 0.317 e. The summed E-state index contributed by atoms with van der Waals surface area (Å²) in [4.78, 5) is 13.8. The molecular formula is C17H25ClN2O3. The van der Waals surface area contributed by atoms with Crippen LogP contribution in [0.2, 0.25) is 5.02 Å². The Kier molecular flexibility index (Phi) is 6.54. The molecule has 1 saturated heterocycles. The van der Waals surface area contributed by atoms with Gasteiger partial charge in [-0.3, -0.25) is 0 Å². The van der Waals surface area contributed by atoms with Gasteiger partial charge in [-0.2, -0.15) is 0 Å². The van der Waals surface area contributed by atoms with E-state index in [0.29, 0.717) is 31.3 Å². The van der Waals surface area contributed by atoms with Crippen LogP contribution in [0.5, 0.6) is 5.75 Å². The summed E-state index contributed by atoms with van der Waals surface area (Å²) in [6.07, 6.45) is 1.25. The van der Waals surface area contributed by atoms with E-state index in [0.717, 1.165) is 24.2 Å². The quantitative estimate of drug-likeness (QED) is 0.783. The molecule has 23 heavy (non-hydrogen) atoms. The van der Waals surface area contributed by atoms with Crippen molar-refractivity contribution in [3.63, 3.8) is 0 Å². The second-order valence-electron chi connectivity index (χ2n) is 6.08. The Morgan fingerprint density at radius 2 is 2.35 bits per heavy atom. The molecule has 0 radical (unpaired) electrons. The minimum Gasteiger partial charge on any atom is -0.493 e. The fraction of sp³-hybridized carbons (Fsp3) is 0.588. The third-order valence-electron chi connectivity index (χ3n) is 4.19. The number of carbonyl (C=O) groups excluding carboxylic acids is 1. The molecule has 2 atom stereocenters. The highest BCUT2D eigenvalue weighted by Crippen LogP contribution is 2.22. The molecule has 0 aliphatic carbocycles. The van der Waals surface area contributed by atoms with Crippen LogP contribution in [0.1, 0.15) is 25.3 Å². The largest absolute Gasteiger partial charge is 0.493 e. The number of hydrogen-bond acceptors (Lipinski definition) is 3. The zero-order valence-electron chi connectivity index (χ0n) is 13.7. The minimum atomic E-state index is -0.358. The van der Waals surface area contributed by atoms with Gasteiger partial charge >= 0.3 is 6.03 Å². The van der Waals surface area contributed by atoms with E-state index in [2.05, 4.69) is 5.32 Å². The zero-order chi connectivity index (χ0) is 16.8. The fourth-order valence-corrected chi connectivity index (χ4v) is 2.93. The average molecular weight is 341 g/mol. The van der Waals surface area contributed by atoms with Crippen molar-refractivity contribution >= 4 is 17.6 Å². The second-order valence-corrected chi connectivity index (χ2v) is 6.52.